The van der Waals surface area contributed by atoms with Crippen LogP contribution in [0.4, 0.5) is 0 Å². The average molecular weight is 537 g/mol. The third-order valence-electron chi connectivity index (χ3n) is 6.88. The number of benzene rings is 1. The molecule has 6 nitrogen and oxygen atoms in total. The summed E-state index contributed by atoms with van der Waals surface area (Å²) in [5.41, 5.74) is 3.58. The van der Waals surface area contributed by atoms with Gasteiger partial charge < -0.3 is 20.3 Å². The van der Waals surface area contributed by atoms with Crippen LogP contribution in [0.1, 0.15) is 73.6 Å². The van der Waals surface area contributed by atoms with Gasteiger partial charge in [0.25, 0.3) is 0 Å². The molecule has 0 saturated carbocycles. The Morgan fingerprint density at radius 1 is 1.31 bits per heavy atom. The van der Waals surface area contributed by atoms with Crippen LogP contribution < -0.4 is 5.32 Å². The number of aliphatic hydroxyl groups is 1. The number of carboxylic acids is 1. The average Bonchev–Trinajstić information content (AvgIpc) is 3.51. The van der Waals surface area contributed by atoms with Crippen molar-refractivity contribution in [3.05, 3.63) is 56.2 Å². The van der Waals surface area contributed by atoms with Gasteiger partial charge in [0.05, 0.1) is 18.8 Å². The van der Waals surface area contributed by atoms with Crippen molar-refractivity contribution in [1.82, 2.24) is 10.2 Å². The Morgan fingerprint density at radius 2 is 2.14 bits per heavy atom. The number of likely N-dealkylation sites (tertiary alicyclic amines) is 1. The lowest BCUT2D eigenvalue weighted by atomic mass is 10.0. The molecule has 1 aromatic carbocycles. The highest BCUT2D eigenvalue weighted by molar-refractivity contribution is 7.10. The molecule has 0 amide bonds. The van der Waals surface area contributed by atoms with Crippen molar-refractivity contribution < 1.29 is 19.7 Å². The minimum atomic E-state index is -0.791. The molecule has 3 N–H and O–H groups in total. The Kier molecular flexibility index (Phi) is 12.2. The smallest absolute Gasteiger partial charge is 0.303 e. The van der Waals surface area contributed by atoms with E-state index in [0.717, 1.165) is 54.4 Å². The van der Waals surface area contributed by atoms with Crippen LogP contribution in [0.25, 0.3) is 0 Å². The van der Waals surface area contributed by atoms with Gasteiger partial charge in [0, 0.05) is 35.6 Å². The summed E-state index contributed by atoms with van der Waals surface area (Å²) in [7, 11) is 0. The predicted octanol–water partition coefficient (Wildman–Crippen LogP) is 5.45. The number of aryl methyl sites for hydroxylation is 2. The molecule has 8 heteroatoms. The van der Waals surface area contributed by atoms with E-state index in [9.17, 15) is 9.90 Å². The third kappa shape index (κ3) is 8.82. The fourth-order valence-corrected chi connectivity index (χ4v) is 6.21. The van der Waals surface area contributed by atoms with Crippen molar-refractivity contribution in [2.45, 2.75) is 83.5 Å². The molecule has 1 unspecified atom stereocenters. The van der Waals surface area contributed by atoms with Crippen molar-refractivity contribution in [2.75, 3.05) is 26.4 Å². The molecule has 2 aromatic rings. The zero-order valence-corrected chi connectivity index (χ0v) is 23.1. The molecule has 1 saturated heterocycles. The molecule has 200 valence electrons. The van der Waals surface area contributed by atoms with E-state index < -0.39 is 12.1 Å². The van der Waals surface area contributed by atoms with Crippen LogP contribution in [0.2, 0.25) is 5.02 Å². The Hall–Kier alpha value is -1.48. The number of hydrogen-bond acceptors (Lipinski definition) is 6. The maximum absolute atomic E-state index is 11.0. The highest BCUT2D eigenvalue weighted by Crippen LogP contribution is 2.32. The fourth-order valence-electron chi connectivity index (χ4n) is 4.92. The van der Waals surface area contributed by atoms with Gasteiger partial charge in [0.2, 0.25) is 0 Å². The Balaban J connectivity index is 1.44. The maximum atomic E-state index is 11.0. The summed E-state index contributed by atoms with van der Waals surface area (Å²) in [5, 5.41) is 25.9. The molecule has 0 spiro atoms. The second kappa shape index (κ2) is 15.1. The summed E-state index contributed by atoms with van der Waals surface area (Å²) >= 11 is 7.90. The molecule has 1 fully saturated rings. The number of ether oxygens (including phenoxy) is 1. The Morgan fingerprint density at radius 3 is 2.89 bits per heavy atom. The normalized spacial score (nSPS) is 17.9. The van der Waals surface area contributed by atoms with Crippen molar-refractivity contribution in [3.8, 4) is 0 Å². The van der Waals surface area contributed by atoms with Crippen molar-refractivity contribution in [3.63, 3.8) is 0 Å². The molecule has 1 aliphatic heterocycles. The van der Waals surface area contributed by atoms with Gasteiger partial charge in [0.15, 0.2) is 0 Å². The number of hydrogen-bond donors (Lipinski definition) is 3. The van der Waals surface area contributed by atoms with Crippen LogP contribution in [0.5, 0.6) is 0 Å². The van der Waals surface area contributed by atoms with Crippen LogP contribution in [0.3, 0.4) is 0 Å². The van der Waals surface area contributed by atoms with Gasteiger partial charge in [-0.05, 0) is 79.3 Å². The number of aliphatic hydroxyl groups excluding tert-OH is 1. The van der Waals surface area contributed by atoms with E-state index in [1.807, 2.05) is 17.5 Å². The van der Waals surface area contributed by atoms with Crippen LogP contribution >= 0.6 is 22.9 Å². The molecular weight excluding hydrogens is 496 g/mol. The molecular formula is C28H41ClN2O4S. The molecule has 1 aliphatic rings. The highest BCUT2D eigenvalue weighted by atomic mass is 35.5. The lowest BCUT2D eigenvalue weighted by molar-refractivity contribution is -0.136. The zero-order valence-electron chi connectivity index (χ0n) is 21.5. The van der Waals surface area contributed by atoms with Gasteiger partial charge in [-0.3, -0.25) is 9.69 Å². The summed E-state index contributed by atoms with van der Waals surface area (Å²) in [6, 6.07) is 8.88. The topological polar surface area (TPSA) is 82.0 Å². The monoisotopic (exact) mass is 536 g/mol. The van der Waals surface area contributed by atoms with E-state index in [2.05, 4.69) is 36.2 Å². The van der Waals surface area contributed by atoms with E-state index >= 15 is 0 Å². The SMILES string of the molecule is CCCC(OC[C@H](O)CNCN1CCC[C@H]1Cc1ccc(Cl)c(CC)c1)c1sccc1CCC(=O)O. The number of halogens is 1. The number of carboxylic acid groups (broad SMARTS) is 1. The van der Waals surface area contributed by atoms with E-state index in [1.54, 1.807) is 11.3 Å². The first-order chi connectivity index (χ1) is 17.4. The third-order valence-corrected chi connectivity index (χ3v) is 8.30. The van der Waals surface area contributed by atoms with Gasteiger partial charge in [-0.1, -0.05) is 44.0 Å². The number of rotatable bonds is 16. The summed E-state index contributed by atoms with van der Waals surface area (Å²) in [6.45, 7) is 6.78. The van der Waals surface area contributed by atoms with Gasteiger partial charge >= 0.3 is 5.97 Å². The molecule has 0 aliphatic carbocycles. The molecule has 0 radical (unpaired) electrons. The molecule has 1 aromatic heterocycles. The summed E-state index contributed by atoms with van der Waals surface area (Å²) < 4.78 is 6.14. The van der Waals surface area contributed by atoms with Crippen molar-refractivity contribution in [2.24, 2.45) is 0 Å². The molecule has 3 rings (SSSR count). The lowest BCUT2D eigenvalue weighted by Gasteiger charge is -2.26. The van der Waals surface area contributed by atoms with Crippen molar-refractivity contribution in [1.29, 1.82) is 0 Å². The maximum Gasteiger partial charge on any atom is 0.303 e. The Labute approximate surface area is 224 Å². The van der Waals surface area contributed by atoms with Gasteiger partial charge in [-0.2, -0.15) is 0 Å². The van der Waals surface area contributed by atoms with Crippen LogP contribution in [-0.4, -0.2) is 59.6 Å². The molecule has 0 bridgehead atoms. The number of nitrogens with zero attached hydrogens (tertiary/aromatic N) is 1. The minimum Gasteiger partial charge on any atom is -0.481 e. The van der Waals surface area contributed by atoms with Crippen LogP contribution in [0, 0.1) is 0 Å². The van der Waals surface area contributed by atoms with Crippen molar-refractivity contribution >= 4 is 28.9 Å². The second-order valence-electron chi connectivity index (χ2n) is 9.67. The fraction of sp³-hybridized carbons (Fsp3) is 0.607. The predicted molar refractivity (Wildman–Crippen MR) is 147 cm³/mol. The minimum absolute atomic E-state index is 0.108. The molecule has 2 heterocycles. The summed E-state index contributed by atoms with van der Waals surface area (Å²) in [5.74, 6) is -0.791. The number of nitrogens with one attached hydrogen (secondary N) is 1. The van der Waals surface area contributed by atoms with Gasteiger partial charge in [-0.15, -0.1) is 11.3 Å². The number of thiophene rings is 1. The van der Waals surface area contributed by atoms with Crippen LogP contribution in [0.15, 0.2) is 29.6 Å². The van der Waals surface area contributed by atoms with E-state index in [-0.39, 0.29) is 19.1 Å². The quantitative estimate of drug-likeness (QED) is 0.264. The largest absolute Gasteiger partial charge is 0.481 e. The molecule has 3 atom stereocenters. The summed E-state index contributed by atoms with van der Waals surface area (Å²) in [4.78, 5) is 14.5. The van der Waals surface area contributed by atoms with Crippen LogP contribution in [-0.2, 0) is 28.8 Å². The first-order valence-corrected chi connectivity index (χ1v) is 14.5. The lowest BCUT2D eigenvalue weighted by Crippen LogP contribution is -2.42. The summed E-state index contributed by atoms with van der Waals surface area (Å²) in [6.07, 6.45) is 6.05. The standard InChI is InChI=1S/C28H41ClN2O4S/c1-3-6-26(28-22(12-14-36-28)9-11-27(33)34)35-18-24(32)17-30-19-31-13-5-7-23(31)16-20-8-10-25(29)21(4-2)15-20/h8,10,12,14-15,23-24,26,30,32H,3-7,9,11,13,16-19H2,1-2H3,(H,33,34)/t23-,24+,26?/m0/s1. The number of aliphatic carboxylic acids is 1. The van der Waals surface area contributed by atoms with Gasteiger partial charge in [-0.25, -0.2) is 0 Å². The number of carbonyl (C=O) groups is 1. The van der Waals surface area contributed by atoms with E-state index in [0.29, 0.717) is 19.0 Å². The zero-order chi connectivity index (χ0) is 25.9. The Bertz CT molecular complexity index is 953. The highest BCUT2D eigenvalue weighted by Gasteiger charge is 2.25. The molecule has 36 heavy (non-hydrogen) atoms. The van der Waals surface area contributed by atoms with Gasteiger partial charge in [0.1, 0.15) is 0 Å². The first kappa shape index (κ1) is 29.1. The van der Waals surface area contributed by atoms with E-state index in [4.69, 9.17) is 21.4 Å². The first-order valence-electron chi connectivity index (χ1n) is 13.2. The second-order valence-corrected chi connectivity index (χ2v) is 11.0. The van der Waals surface area contributed by atoms with E-state index in [1.165, 1.54) is 24.0 Å².